The van der Waals surface area contributed by atoms with Crippen molar-refractivity contribution in [2.24, 2.45) is 5.92 Å². The summed E-state index contributed by atoms with van der Waals surface area (Å²) in [6, 6.07) is 10.2. The Morgan fingerprint density at radius 2 is 2.11 bits per heavy atom. The number of aromatic nitrogens is 3. The van der Waals surface area contributed by atoms with Crippen LogP contribution < -0.4 is 10.2 Å². The Kier molecular flexibility index (Phi) is 4.96. The molecule has 1 aliphatic rings. The van der Waals surface area contributed by atoms with Crippen molar-refractivity contribution in [1.82, 2.24) is 20.3 Å². The van der Waals surface area contributed by atoms with Gasteiger partial charge < -0.3 is 10.2 Å². The second-order valence-electron chi connectivity index (χ2n) is 7.08. The number of rotatable bonds is 4. The molecule has 0 bridgehead atoms. The highest BCUT2D eigenvalue weighted by Crippen LogP contribution is 2.24. The molecule has 1 fully saturated rings. The number of aryl methyl sites for hydroxylation is 1. The summed E-state index contributed by atoms with van der Waals surface area (Å²) < 4.78 is 0. The van der Waals surface area contributed by atoms with Crippen LogP contribution in [0.2, 0.25) is 0 Å². The van der Waals surface area contributed by atoms with E-state index in [1.54, 1.807) is 12.4 Å². The number of hydrogen-bond acceptors (Lipinski definition) is 5. The zero-order valence-electron chi connectivity index (χ0n) is 15.4. The molecule has 0 aliphatic carbocycles. The van der Waals surface area contributed by atoms with Crippen LogP contribution in [-0.2, 0) is 11.3 Å². The molecule has 1 aliphatic heterocycles. The first kappa shape index (κ1) is 17.4. The number of carbonyl (C=O) groups is 1. The number of hydrogen-bond donors (Lipinski definition) is 1. The van der Waals surface area contributed by atoms with Crippen molar-refractivity contribution in [1.29, 1.82) is 0 Å². The fourth-order valence-corrected chi connectivity index (χ4v) is 3.60. The lowest BCUT2D eigenvalue weighted by atomic mass is 9.96. The average Bonchev–Trinajstić information content (AvgIpc) is 2.72. The summed E-state index contributed by atoms with van der Waals surface area (Å²) in [4.78, 5) is 27.8. The highest BCUT2D eigenvalue weighted by atomic mass is 16.1. The molecule has 2 aromatic heterocycles. The Morgan fingerprint density at radius 1 is 1.22 bits per heavy atom. The van der Waals surface area contributed by atoms with E-state index < -0.39 is 0 Å². The zero-order valence-corrected chi connectivity index (χ0v) is 15.4. The maximum Gasteiger partial charge on any atom is 0.225 e. The monoisotopic (exact) mass is 361 g/mol. The normalized spacial score (nSPS) is 17.1. The molecular formula is C21H23N5O. The van der Waals surface area contributed by atoms with E-state index >= 15 is 0 Å². The van der Waals surface area contributed by atoms with Gasteiger partial charge >= 0.3 is 0 Å². The smallest absolute Gasteiger partial charge is 0.225 e. The van der Waals surface area contributed by atoms with E-state index in [4.69, 9.17) is 0 Å². The number of anilines is 1. The third-order valence-electron chi connectivity index (χ3n) is 5.02. The van der Waals surface area contributed by atoms with Crippen molar-refractivity contribution in [3.63, 3.8) is 0 Å². The summed E-state index contributed by atoms with van der Waals surface area (Å²) in [7, 11) is 0. The van der Waals surface area contributed by atoms with Crippen molar-refractivity contribution in [3.8, 4) is 0 Å². The lowest BCUT2D eigenvalue weighted by Gasteiger charge is -2.33. The van der Waals surface area contributed by atoms with Crippen LogP contribution in [0.4, 0.5) is 5.69 Å². The van der Waals surface area contributed by atoms with Crippen molar-refractivity contribution in [2.75, 3.05) is 18.0 Å². The molecule has 4 rings (SSSR count). The van der Waals surface area contributed by atoms with Gasteiger partial charge in [0, 0.05) is 32.0 Å². The van der Waals surface area contributed by atoms with E-state index in [2.05, 4.69) is 44.2 Å². The highest BCUT2D eigenvalue weighted by Gasteiger charge is 2.26. The van der Waals surface area contributed by atoms with Crippen LogP contribution in [0.25, 0.3) is 11.2 Å². The molecule has 0 unspecified atom stereocenters. The number of carbonyl (C=O) groups excluding carboxylic acids is 1. The van der Waals surface area contributed by atoms with Gasteiger partial charge in [0.25, 0.3) is 0 Å². The van der Waals surface area contributed by atoms with Gasteiger partial charge in [0.15, 0.2) is 5.65 Å². The van der Waals surface area contributed by atoms with Crippen LogP contribution in [0.5, 0.6) is 0 Å². The molecule has 138 valence electrons. The maximum atomic E-state index is 12.7. The molecule has 1 N–H and O–H groups in total. The fraction of sp³-hybridized carbons (Fsp3) is 0.333. The van der Waals surface area contributed by atoms with Crippen LogP contribution in [0, 0.1) is 12.8 Å². The second-order valence-corrected chi connectivity index (χ2v) is 7.08. The van der Waals surface area contributed by atoms with E-state index in [0.29, 0.717) is 18.7 Å². The summed E-state index contributed by atoms with van der Waals surface area (Å²) in [5.41, 5.74) is 4.76. The number of piperidine rings is 1. The summed E-state index contributed by atoms with van der Waals surface area (Å²) in [5.74, 6) is 0.107. The quantitative estimate of drug-likeness (QED) is 0.774. The third-order valence-corrected chi connectivity index (χ3v) is 5.02. The van der Waals surface area contributed by atoms with Crippen LogP contribution in [0.15, 0.2) is 48.9 Å². The van der Waals surface area contributed by atoms with E-state index in [9.17, 15) is 4.79 Å². The maximum absolute atomic E-state index is 12.7. The summed E-state index contributed by atoms with van der Waals surface area (Å²) in [6.45, 7) is 4.26. The zero-order chi connectivity index (χ0) is 18.6. The second kappa shape index (κ2) is 7.70. The Morgan fingerprint density at radius 3 is 3.00 bits per heavy atom. The van der Waals surface area contributed by atoms with Crippen molar-refractivity contribution >= 4 is 22.8 Å². The van der Waals surface area contributed by atoms with Crippen LogP contribution >= 0.6 is 0 Å². The summed E-state index contributed by atoms with van der Waals surface area (Å²) in [5, 5.41) is 3.09. The Bertz CT molecular complexity index is 958. The van der Waals surface area contributed by atoms with E-state index in [0.717, 1.165) is 36.2 Å². The highest BCUT2D eigenvalue weighted by molar-refractivity contribution is 5.80. The Balaban J connectivity index is 1.41. The van der Waals surface area contributed by atoms with Gasteiger partial charge in [-0.3, -0.25) is 9.78 Å². The van der Waals surface area contributed by atoms with Crippen molar-refractivity contribution in [2.45, 2.75) is 26.3 Å². The number of nitrogens with one attached hydrogen (secondary N) is 1. The molecule has 0 radical (unpaired) electrons. The van der Waals surface area contributed by atoms with E-state index in [-0.39, 0.29) is 11.8 Å². The number of pyridine rings is 1. The van der Waals surface area contributed by atoms with E-state index in [1.807, 2.05) is 24.4 Å². The first-order chi connectivity index (χ1) is 13.2. The van der Waals surface area contributed by atoms with Gasteiger partial charge in [0.1, 0.15) is 5.52 Å². The average molecular weight is 361 g/mol. The molecule has 1 saturated heterocycles. The van der Waals surface area contributed by atoms with Gasteiger partial charge in [-0.15, -0.1) is 0 Å². The SMILES string of the molecule is Cc1cccc(CNC(=O)[C@@H]2CCCN(c3cnc4nccnc4c3)C2)c1. The molecule has 3 heterocycles. The molecule has 1 aromatic carbocycles. The fourth-order valence-electron chi connectivity index (χ4n) is 3.60. The number of benzene rings is 1. The van der Waals surface area contributed by atoms with Gasteiger partial charge in [-0.1, -0.05) is 29.8 Å². The third kappa shape index (κ3) is 4.05. The summed E-state index contributed by atoms with van der Waals surface area (Å²) >= 11 is 0. The Hall–Kier alpha value is -3.02. The minimum atomic E-state index is -0.0129. The molecule has 3 aromatic rings. The molecule has 6 heteroatoms. The van der Waals surface area contributed by atoms with Crippen LogP contribution in [-0.4, -0.2) is 33.9 Å². The number of nitrogens with zero attached hydrogens (tertiary/aromatic N) is 4. The predicted molar refractivity (Wildman–Crippen MR) is 105 cm³/mol. The number of amides is 1. The van der Waals surface area contributed by atoms with Crippen LogP contribution in [0.3, 0.4) is 0 Å². The molecular weight excluding hydrogens is 338 g/mol. The lowest BCUT2D eigenvalue weighted by Crippen LogP contribution is -2.43. The van der Waals surface area contributed by atoms with Crippen LogP contribution in [0.1, 0.15) is 24.0 Å². The minimum absolute atomic E-state index is 0.0129. The topological polar surface area (TPSA) is 71.0 Å². The molecule has 1 amide bonds. The van der Waals surface area contributed by atoms with Gasteiger partial charge in [-0.25, -0.2) is 9.97 Å². The van der Waals surface area contributed by atoms with Crippen molar-refractivity contribution < 1.29 is 4.79 Å². The molecule has 0 spiro atoms. The standard InChI is InChI=1S/C21H23N5O/c1-15-4-2-5-16(10-15)12-25-21(27)17-6-3-9-26(14-17)18-11-19-20(24-13-18)23-8-7-22-19/h2,4-5,7-8,10-11,13,17H,3,6,9,12,14H2,1H3,(H,25,27)/t17-/m1/s1. The molecule has 1 atom stereocenters. The number of fused-ring (bicyclic) bond motifs is 1. The van der Waals surface area contributed by atoms with E-state index in [1.165, 1.54) is 5.56 Å². The molecule has 27 heavy (non-hydrogen) atoms. The Labute approximate surface area is 158 Å². The van der Waals surface area contributed by atoms with Gasteiger partial charge in [-0.05, 0) is 31.4 Å². The predicted octanol–water partition coefficient (Wildman–Crippen LogP) is 2.87. The van der Waals surface area contributed by atoms with Gasteiger partial charge in [0.05, 0.1) is 17.8 Å². The van der Waals surface area contributed by atoms with Gasteiger partial charge in [0.2, 0.25) is 5.91 Å². The van der Waals surface area contributed by atoms with Gasteiger partial charge in [-0.2, -0.15) is 0 Å². The summed E-state index contributed by atoms with van der Waals surface area (Å²) in [6.07, 6.45) is 7.04. The first-order valence-corrected chi connectivity index (χ1v) is 9.34. The molecule has 6 nitrogen and oxygen atoms in total. The minimum Gasteiger partial charge on any atom is -0.369 e. The lowest BCUT2D eigenvalue weighted by molar-refractivity contribution is -0.125. The first-order valence-electron chi connectivity index (χ1n) is 9.34. The molecule has 0 saturated carbocycles. The van der Waals surface area contributed by atoms with Crippen molar-refractivity contribution in [3.05, 3.63) is 60.0 Å². The largest absolute Gasteiger partial charge is 0.369 e.